The molecule has 0 aromatic heterocycles. The molecule has 2 atom stereocenters. The van der Waals surface area contributed by atoms with E-state index in [1.165, 1.54) is 16.7 Å². The molecule has 0 bridgehead atoms. The molecule has 4 nitrogen and oxygen atoms in total. The van der Waals surface area contributed by atoms with Crippen molar-refractivity contribution in [3.05, 3.63) is 34.9 Å². The van der Waals surface area contributed by atoms with Gasteiger partial charge in [-0.05, 0) is 43.4 Å². The summed E-state index contributed by atoms with van der Waals surface area (Å²) in [4.78, 5) is 6.64. The zero-order valence-electron chi connectivity index (χ0n) is 12.3. The van der Waals surface area contributed by atoms with E-state index in [0.717, 1.165) is 32.5 Å². The average Bonchev–Trinajstić information content (AvgIpc) is 3.05. The summed E-state index contributed by atoms with van der Waals surface area (Å²) in [6, 6.07) is 6.91. The van der Waals surface area contributed by atoms with Crippen molar-refractivity contribution in [1.82, 2.24) is 4.90 Å². The Balaban J connectivity index is 1.78. The maximum absolute atomic E-state index is 6.07. The number of nitrogens with zero attached hydrogens (tertiary/aromatic N) is 2. The summed E-state index contributed by atoms with van der Waals surface area (Å²) in [5.74, 6) is 0.656. The van der Waals surface area contributed by atoms with Crippen molar-refractivity contribution in [1.29, 1.82) is 0 Å². The van der Waals surface area contributed by atoms with Crippen molar-refractivity contribution >= 4 is 5.96 Å². The number of nitrogens with two attached hydrogens (primary N) is 1. The third-order valence-electron chi connectivity index (χ3n) is 4.44. The quantitative estimate of drug-likeness (QED) is 0.918. The van der Waals surface area contributed by atoms with Crippen LogP contribution in [-0.4, -0.2) is 36.7 Å². The van der Waals surface area contributed by atoms with Crippen LogP contribution in [-0.2, 0) is 4.74 Å². The van der Waals surface area contributed by atoms with Gasteiger partial charge in [0.1, 0.15) is 0 Å². The third-order valence-corrected chi connectivity index (χ3v) is 4.44. The van der Waals surface area contributed by atoms with Gasteiger partial charge in [0.25, 0.3) is 0 Å². The molecule has 0 spiro atoms. The predicted molar refractivity (Wildman–Crippen MR) is 80.8 cm³/mol. The summed E-state index contributed by atoms with van der Waals surface area (Å²) in [7, 11) is 0. The molecule has 2 aliphatic heterocycles. The molecule has 1 aromatic carbocycles. The Morgan fingerprint density at radius 3 is 2.90 bits per heavy atom. The van der Waals surface area contributed by atoms with Gasteiger partial charge in [0.05, 0.1) is 18.7 Å². The lowest BCUT2D eigenvalue weighted by Crippen LogP contribution is -2.41. The summed E-state index contributed by atoms with van der Waals surface area (Å²) in [6.07, 6.45) is 2.59. The molecule has 4 heteroatoms. The minimum Gasteiger partial charge on any atom is -0.376 e. The first kappa shape index (κ1) is 13.4. The predicted octanol–water partition coefficient (Wildman–Crippen LogP) is 2.15. The minimum absolute atomic E-state index is 0.262. The molecule has 0 radical (unpaired) electrons. The van der Waals surface area contributed by atoms with Gasteiger partial charge in [-0.15, -0.1) is 0 Å². The van der Waals surface area contributed by atoms with Gasteiger partial charge in [0, 0.05) is 13.2 Å². The number of hydrogen-bond acceptors (Lipinski definition) is 4. The molecular weight excluding hydrogens is 250 g/mol. The molecule has 1 aromatic rings. The van der Waals surface area contributed by atoms with Crippen LogP contribution in [0.1, 0.15) is 35.6 Å². The number of benzene rings is 1. The molecule has 20 heavy (non-hydrogen) atoms. The number of aliphatic imine (C=N–C) groups is 1. The van der Waals surface area contributed by atoms with Crippen molar-refractivity contribution in [3.8, 4) is 0 Å². The van der Waals surface area contributed by atoms with E-state index in [1.54, 1.807) is 0 Å². The monoisotopic (exact) mass is 273 g/mol. The summed E-state index contributed by atoms with van der Waals surface area (Å²) in [6.45, 7) is 6.78. The second-order valence-corrected chi connectivity index (χ2v) is 5.85. The lowest BCUT2D eigenvalue weighted by molar-refractivity contribution is 0.0853. The smallest absolute Gasteiger partial charge is 0.192 e. The van der Waals surface area contributed by atoms with E-state index >= 15 is 0 Å². The molecule has 0 saturated carbocycles. The van der Waals surface area contributed by atoms with Crippen LogP contribution in [0.3, 0.4) is 0 Å². The van der Waals surface area contributed by atoms with E-state index in [2.05, 4.69) is 41.9 Å². The SMILES string of the molecule is Cc1ccc(C2CN=C(N)N2CC2CCCO2)cc1C. The van der Waals surface area contributed by atoms with Crippen LogP contribution in [0.25, 0.3) is 0 Å². The Hall–Kier alpha value is -1.55. The Morgan fingerprint density at radius 1 is 1.35 bits per heavy atom. The second-order valence-electron chi connectivity index (χ2n) is 5.85. The van der Waals surface area contributed by atoms with Gasteiger partial charge in [-0.2, -0.15) is 0 Å². The summed E-state index contributed by atoms with van der Waals surface area (Å²) < 4.78 is 5.74. The third kappa shape index (κ3) is 2.52. The molecule has 2 aliphatic rings. The second kappa shape index (κ2) is 5.44. The minimum atomic E-state index is 0.262. The highest BCUT2D eigenvalue weighted by molar-refractivity contribution is 5.80. The normalized spacial score (nSPS) is 26.1. The van der Waals surface area contributed by atoms with Crippen LogP contribution in [0.15, 0.2) is 23.2 Å². The molecule has 1 fully saturated rings. The highest BCUT2D eigenvalue weighted by atomic mass is 16.5. The average molecular weight is 273 g/mol. The van der Waals surface area contributed by atoms with E-state index in [4.69, 9.17) is 10.5 Å². The fraction of sp³-hybridized carbons (Fsp3) is 0.562. The van der Waals surface area contributed by atoms with Crippen molar-refractivity contribution in [2.75, 3.05) is 19.7 Å². The molecule has 1 saturated heterocycles. The fourth-order valence-corrected chi connectivity index (χ4v) is 3.01. The number of aryl methyl sites for hydroxylation is 2. The van der Waals surface area contributed by atoms with Gasteiger partial charge in [-0.1, -0.05) is 18.2 Å². The summed E-state index contributed by atoms with van der Waals surface area (Å²) in [5, 5.41) is 0. The molecule has 2 heterocycles. The highest BCUT2D eigenvalue weighted by Gasteiger charge is 2.30. The highest BCUT2D eigenvalue weighted by Crippen LogP contribution is 2.28. The number of guanidine groups is 1. The van der Waals surface area contributed by atoms with Crippen molar-refractivity contribution in [3.63, 3.8) is 0 Å². The Bertz CT molecular complexity index is 520. The van der Waals surface area contributed by atoms with Crippen LogP contribution in [0.4, 0.5) is 0 Å². The lowest BCUT2D eigenvalue weighted by atomic mass is 10.0. The van der Waals surface area contributed by atoms with Crippen molar-refractivity contribution < 1.29 is 4.74 Å². The van der Waals surface area contributed by atoms with E-state index in [-0.39, 0.29) is 6.04 Å². The standard InChI is InChI=1S/C16H23N3O/c1-11-5-6-13(8-12(11)2)15-9-18-16(17)19(15)10-14-4-3-7-20-14/h5-6,8,14-15H,3-4,7,9-10H2,1-2H3,(H2,17,18). The largest absolute Gasteiger partial charge is 0.376 e. The fourth-order valence-electron chi connectivity index (χ4n) is 3.01. The van der Waals surface area contributed by atoms with Crippen LogP contribution in [0.5, 0.6) is 0 Å². The maximum Gasteiger partial charge on any atom is 0.192 e. The molecule has 108 valence electrons. The first-order valence-electron chi connectivity index (χ1n) is 7.40. The molecule has 3 rings (SSSR count). The maximum atomic E-state index is 6.07. The zero-order valence-corrected chi connectivity index (χ0v) is 12.3. The van der Waals surface area contributed by atoms with Crippen LogP contribution < -0.4 is 5.73 Å². The van der Waals surface area contributed by atoms with E-state index < -0.39 is 0 Å². The first-order valence-corrected chi connectivity index (χ1v) is 7.40. The molecule has 0 amide bonds. The lowest BCUT2D eigenvalue weighted by Gasteiger charge is -2.29. The first-order chi connectivity index (χ1) is 9.65. The van der Waals surface area contributed by atoms with Gasteiger partial charge >= 0.3 is 0 Å². The van der Waals surface area contributed by atoms with Crippen molar-refractivity contribution in [2.45, 2.75) is 38.8 Å². The van der Waals surface area contributed by atoms with Gasteiger partial charge < -0.3 is 15.4 Å². The van der Waals surface area contributed by atoms with Gasteiger partial charge in [0.2, 0.25) is 0 Å². The van der Waals surface area contributed by atoms with E-state index in [0.29, 0.717) is 12.1 Å². The van der Waals surface area contributed by atoms with Crippen LogP contribution in [0, 0.1) is 13.8 Å². The number of hydrogen-bond donors (Lipinski definition) is 1. The Labute approximate surface area is 120 Å². The topological polar surface area (TPSA) is 50.8 Å². The van der Waals surface area contributed by atoms with Gasteiger partial charge in [-0.25, -0.2) is 0 Å². The molecule has 2 N–H and O–H groups in total. The van der Waals surface area contributed by atoms with Gasteiger partial charge in [0.15, 0.2) is 5.96 Å². The van der Waals surface area contributed by atoms with Crippen LogP contribution >= 0.6 is 0 Å². The van der Waals surface area contributed by atoms with Gasteiger partial charge in [-0.3, -0.25) is 4.99 Å². The Morgan fingerprint density at radius 2 is 2.20 bits per heavy atom. The van der Waals surface area contributed by atoms with Crippen molar-refractivity contribution in [2.24, 2.45) is 10.7 Å². The summed E-state index contributed by atoms with van der Waals surface area (Å²) >= 11 is 0. The molecular formula is C16H23N3O. The molecule has 0 aliphatic carbocycles. The van der Waals surface area contributed by atoms with Crippen LogP contribution in [0.2, 0.25) is 0 Å². The molecule has 2 unspecified atom stereocenters. The number of ether oxygens (including phenoxy) is 1. The van der Waals surface area contributed by atoms with E-state index in [9.17, 15) is 0 Å². The Kier molecular flexibility index (Phi) is 3.66. The summed E-state index contributed by atoms with van der Waals surface area (Å²) in [5.41, 5.74) is 10.0. The number of rotatable bonds is 3. The van der Waals surface area contributed by atoms with E-state index in [1.807, 2.05) is 0 Å². The zero-order chi connectivity index (χ0) is 14.1.